The molecule has 0 aliphatic heterocycles. The minimum atomic E-state index is -3.85. The van der Waals surface area contributed by atoms with Crippen molar-refractivity contribution in [1.82, 2.24) is 0 Å². The highest BCUT2D eigenvalue weighted by molar-refractivity contribution is 7.48. The standard InChI is InChI=1S/C15H27O4P/c1-10-13(4,5)17-20(16,18-14(6,7)11-2)19-15(8,9)12-3/h10-12H,1-3H2,4-9H3. The number of hydrogen-bond donors (Lipinski definition) is 0. The van der Waals surface area contributed by atoms with Crippen LogP contribution in [0, 0.1) is 0 Å². The SMILES string of the molecule is C=CC(C)(C)OP(=O)(OC(C)(C)C=C)OC(C)(C)C=C. The van der Waals surface area contributed by atoms with Crippen LogP contribution in [0.1, 0.15) is 41.5 Å². The van der Waals surface area contributed by atoms with Gasteiger partial charge in [0.1, 0.15) is 0 Å². The summed E-state index contributed by atoms with van der Waals surface area (Å²) >= 11 is 0. The van der Waals surface area contributed by atoms with Crippen LogP contribution in [0.2, 0.25) is 0 Å². The smallest absolute Gasteiger partial charge is 0.277 e. The summed E-state index contributed by atoms with van der Waals surface area (Å²) in [6.45, 7) is 21.3. The normalized spacial score (nSPS) is 13.9. The molecule has 0 rings (SSSR count). The Morgan fingerprint density at radius 1 is 0.700 bits per heavy atom. The first-order valence-electron chi connectivity index (χ1n) is 6.43. The molecule has 0 aliphatic rings. The van der Waals surface area contributed by atoms with E-state index in [0.29, 0.717) is 0 Å². The average molecular weight is 302 g/mol. The third-order valence-electron chi connectivity index (χ3n) is 2.52. The molecule has 0 atom stereocenters. The van der Waals surface area contributed by atoms with Gasteiger partial charge in [-0.25, -0.2) is 4.57 Å². The largest absolute Gasteiger partial charge is 0.477 e. The van der Waals surface area contributed by atoms with Crippen molar-refractivity contribution in [2.24, 2.45) is 0 Å². The van der Waals surface area contributed by atoms with Gasteiger partial charge in [0, 0.05) is 0 Å². The van der Waals surface area contributed by atoms with Gasteiger partial charge in [0.05, 0.1) is 16.8 Å². The van der Waals surface area contributed by atoms with Crippen molar-refractivity contribution in [2.75, 3.05) is 0 Å². The third-order valence-corrected chi connectivity index (χ3v) is 4.60. The van der Waals surface area contributed by atoms with Gasteiger partial charge in [-0.15, -0.1) is 19.7 Å². The van der Waals surface area contributed by atoms with Crippen molar-refractivity contribution in [3.8, 4) is 0 Å². The Hall–Kier alpha value is -0.670. The molecule has 0 N–H and O–H groups in total. The molecular weight excluding hydrogens is 275 g/mol. The molecule has 0 heterocycles. The molecule has 0 saturated carbocycles. The van der Waals surface area contributed by atoms with E-state index in [9.17, 15) is 4.57 Å². The lowest BCUT2D eigenvalue weighted by Gasteiger charge is -2.35. The fourth-order valence-electron chi connectivity index (χ4n) is 1.03. The molecule has 5 heteroatoms. The van der Waals surface area contributed by atoms with E-state index >= 15 is 0 Å². The molecule has 0 bridgehead atoms. The highest BCUT2D eigenvalue weighted by Gasteiger charge is 2.41. The molecule has 0 spiro atoms. The van der Waals surface area contributed by atoms with Gasteiger partial charge in [0.15, 0.2) is 0 Å². The van der Waals surface area contributed by atoms with E-state index in [1.54, 1.807) is 41.5 Å². The van der Waals surface area contributed by atoms with E-state index in [4.69, 9.17) is 13.6 Å². The molecule has 116 valence electrons. The highest BCUT2D eigenvalue weighted by atomic mass is 31.2. The van der Waals surface area contributed by atoms with Gasteiger partial charge in [0.25, 0.3) is 0 Å². The lowest BCUT2D eigenvalue weighted by molar-refractivity contribution is -0.00381. The van der Waals surface area contributed by atoms with E-state index in [2.05, 4.69) is 19.7 Å². The monoisotopic (exact) mass is 302 g/mol. The van der Waals surface area contributed by atoms with Gasteiger partial charge >= 0.3 is 7.82 Å². The van der Waals surface area contributed by atoms with Crippen LogP contribution in [-0.2, 0) is 18.1 Å². The zero-order chi connectivity index (χ0) is 16.2. The Bertz CT molecular complexity index is 360. The Morgan fingerprint density at radius 3 is 1.05 bits per heavy atom. The van der Waals surface area contributed by atoms with Crippen molar-refractivity contribution in [3.05, 3.63) is 38.0 Å². The summed E-state index contributed by atoms with van der Waals surface area (Å²) in [5, 5.41) is 0. The summed E-state index contributed by atoms with van der Waals surface area (Å²) in [6.07, 6.45) is 4.61. The fourth-order valence-corrected chi connectivity index (χ4v) is 3.10. The summed E-state index contributed by atoms with van der Waals surface area (Å²) in [5.41, 5.74) is -2.57. The molecule has 0 amide bonds. The van der Waals surface area contributed by atoms with Crippen LogP contribution in [0.4, 0.5) is 0 Å². The van der Waals surface area contributed by atoms with Crippen LogP contribution < -0.4 is 0 Å². The van der Waals surface area contributed by atoms with Gasteiger partial charge in [-0.3, -0.25) is 13.6 Å². The molecule has 0 fully saturated rings. The van der Waals surface area contributed by atoms with E-state index in [-0.39, 0.29) is 0 Å². The Balaban J connectivity index is 5.45. The Kier molecular flexibility index (Phi) is 6.18. The summed E-state index contributed by atoms with van der Waals surface area (Å²) < 4.78 is 29.6. The van der Waals surface area contributed by atoms with Crippen molar-refractivity contribution in [1.29, 1.82) is 0 Å². The molecule has 20 heavy (non-hydrogen) atoms. The predicted octanol–water partition coefficient (Wildman–Crippen LogP) is 5.04. The number of phosphoric ester groups is 1. The molecule has 0 aromatic carbocycles. The van der Waals surface area contributed by atoms with Crippen LogP contribution >= 0.6 is 7.82 Å². The van der Waals surface area contributed by atoms with Crippen LogP contribution in [0.5, 0.6) is 0 Å². The maximum absolute atomic E-state index is 12.9. The van der Waals surface area contributed by atoms with E-state index in [1.165, 1.54) is 18.2 Å². The second kappa shape index (κ2) is 6.40. The van der Waals surface area contributed by atoms with E-state index in [1.807, 2.05) is 0 Å². The summed E-state index contributed by atoms with van der Waals surface area (Å²) in [5.74, 6) is 0. The first-order chi connectivity index (χ1) is 8.80. The van der Waals surface area contributed by atoms with Crippen LogP contribution in [0.25, 0.3) is 0 Å². The quantitative estimate of drug-likeness (QED) is 0.442. The molecule has 0 aliphatic carbocycles. The van der Waals surface area contributed by atoms with Crippen molar-refractivity contribution < 1.29 is 18.1 Å². The molecule has 4 nitrogen and oxygen atoms in total. The molecular formula is C15H27O4P. The Morgan fingerprint density at radius 2 is 0.900 bits per heavy atom. The van der Waals surface area contributed by atoms with Gasteiger partial charge < -0.3 is 0 Å². The highest BCUT2D eigenvalue weighted by Crippen LogP contribution is 2.58. The second-order valence-electron chi connectivity index (χ2n) is 6.14. The second-order valence-corrected chi connectivity index (χ2v) is 7.59. The minimum Gasteiger partial charge on any atom is -0.277 e. The zero-order valence-corrected chi connectivity index (χ0v) is 14.3. The molecule has 0 unspecified atom stereocenters. The first-order valence-corrected chi connectivity index (χ1v) is 7.89. The van der Waals surface area contributed by atoms with Crippen LogP contribution in [0.15, 0.2) is 38.0 Å². The van der Waals surface area contributed by atoms with Crippen molar-refractivity contribution >= 4 is 7.82 Å². The van der Waals surface area contributed by atoms with E-state index < -0.39 is 24.6 Å². The fraction of sp³-hybridized carbons (Fsp3) is 0.600. The lowest BCUT2D eigenvalue weighted by atomic mass is 10.1. The maximum atomic E-state index is 12.9. The summed E-state index contributed by atoms with van der Waals surface area (Å²) in [6, 6.07) is 0. The topological polar surface area (TPSA) is 44.8 Å². The number of hydrogen-bond acceptors (Lipinski definition) is 4. The van der Waals surface area contributed by atoms with Crippen LogP contribution in [0.3, 0.4) is 0 Å². The summed E-state index contributed by atoms with van der Waals surface area (Å²) in [7, 11) is -3.85. The third kappa shape index (κ3) is 6.67. The number of phosphoric acid groups is 1. The van der Waals surface area contributed by atoms with Crippen molar-refractivity contribution in [3.63, 3.8) is 0 Å². The van der Waals surface area contributed by atoms with Gasteiger partial charge in [-0.2, -0.15) is 0 Å². The van der Waals surface area contributed by atoms with Crippen LogP contribution in [-0.4, -0.2) is 16.8 Å². The molecule has 0 saturated heterocycles. The lowest BCUT2D eigenvalue weighted by Crippen LogP contribution is -2.30. The zero-order valence-electron chi connectivity index (χ0n) is 13.4. The molecule has 0 aromatic heterocycles. The van der Waals surface area contributed by atoms with Crippen molar-refractivity contribution in [2.45, 2.75) is 58.3 Å². The van der Waals surface area contributed by atoms with Gasteiger partial charge in [0.2, 0.25) is 0 Å². The van der Waals surface area contributed by atoms with Gasteiger partial charge in [-0.05, 0) is 41.5 Å². The minimum absolute atomic E-state index is 0.857. The van der Waals surface area contributed by atoms with E-state index in [0.717, 1.165) is 0 Å². The Labute approximate surface area is 123 Å². The predicted molar refractivity (Wildman–Crippen MR) is 83.7 cm³/mol. The maximum Gasteiger partial charge on any atom is 0.477 e. The van der Waals surface area contributed by atoms with Gasteiger partial charge in [-0.1, -0.05) is 18.2 Å². The first kappa shape index (κ1) is 19.3. The molecule has 0 radical (unpaired) electrons. The molecule has 0 aromatic rings. The average Bonchev–Trinajstić information content (AvgIpc) is 2.26. The number of rotatable bonds is 9. The summed E-state index contributed by atoms with van der Waals surface area (Å²) in [4.78, 5) is 0.